The molecule has 0 bridgehead atoms. The van der Waals surface area contributed by atoms with Gasteiger partial charge >= 0.3 is 0 Å². The maximum absolute atomic E-state index is 12.7. The summed E-state index contributed by atoms with van der Waals surface area (Å²) in [6.45, 7) is 6.98. The number of aryl methyl sites for hydroxylation is 1. The van der Waals surface area contributed by atoms with E-state index in [0.29, 0.717) is 5.75 Å². The quantitative estimate of drug-likeness (QED) is 0.402. The molecule has 0 aliphatic carbocycles. The SMILES string of the molecule is CCn1c(SCC(=O)c2cnc(N3CCCCC3)s2)nnc1-c1ccccc1C. The van der Waals surface area contributed by atoms with Crippen LogP contribution in [-0.2, 0) is 6.54 Å². The van der Waals surface area contributed by atoms with Gasteiger partial charge in [-0.25, -0.2) is 4.98 Å². The van der Waals surface area contributed by atoms with Crippen LogP contribution >= 0.6 is 23.1 Å². The maximum Gasteiger partial charge on any atom is 0.191 e. The summed E-state index contributed by atoms with van der Waals surface area (Å²) in [5.74, 6) is 1.29. The highest BCUT2D eigenvalue weighted by Crippen LogP contribution is 2.29. The number of thiazole rings is 1. The average molecular weight is 428 g/mol. The molecule has 0 saturated carbocycles. The Morgan fingerprint density at radius 2 is 1.97 bits per heavy atom. The highest BCUT2D eigenvalue weighted by Gasteiger charge is 2.19. The Balaban J connectivity index is 1.45. The summed E-state index contributed by atoms with van der Waals surface area (Å²) < 4.78 is 2.08. The number of carbonyl (C=O) groups excluding carboxylic acids is 1. The Morgan fingerprint density at radius 3 is 2.72 bits per heavy atom. The Morgan fingerprint density at radius 1 is 1.17 bits per heavy atom. The highest BCUT2D eigenvalue weighted by molar-refractivity contribution is 7.99. The molecule has 0 atom stereocenters. The summed E-state index contributed by atoms with van der Waals surface area (Å²) in [4.78, 5) is 20.2. The van der Waals surface area contributed by atoms with Crippen LogP contribution < -0.4 is 4.90 Å². The molecule has 29 heavy (non-hydrogen) atoms. The van der Waals surface area contributed by atoms with Gasteiger partial charge in [0.05, 0.1) is 16.8 Å². The van der Waals surface area contributed by atoms with Gasteiger partial charge in [0.1, 0.15) is 0 Å². The minimum atomic E-state index is 0.0962. The van der Waals surface area contributed by atoms with Crippen molar-refractivity contribution in [2.24, 2.45) is 0 Å². The molecule has 0 N–H and O–H groups in total. The summed E-state index contributed by atoms with van der Waals surface area (Å²) in [7, 11) is 0. The van der Waals surface area contributed by atoms with Crippen molar-refractivity contribution in [2.45, 2.75) is 44.8 Å². The lowest BCUT2D eigenvalue weighted by molar-refractivity contribution is 0.102. The van der Waals surface area contributed by atoms with Gasteiger partial charge < -0.3 is 9.47 Å². The Labute approximate surface area is 179 Å². The van der Waals surface area contributed by atoms with E-state index in [9.17, 15) is 4.79 Å². The number of rotatable bonds is 7. The predicted octanol–water partition coefficient (Wildman–Crippen LogP) is 4.70. The number of Topliss-reactive ketones (excluding diaryl/α,β-unsaturated/α-hetero) is 1. The molecule has 1 aromatic carbocycles. The second-order valence-electron chi connectivity index (χ2n) is 7.13. The van der Waals surface area contributed by atoms with Crippen molar-refractivity contribution in [3.8, 4) is 11.4 Å². The number of nitrogens with zero attached hydrogens (tertiary/aromatic N) is 5. The van der Waals surface area contributed by atoms with Gasteiger partial charge in [-0.15, -0.1) is 10.2 Å². The number of hydrogen-bond acceptors (Lipinski definition) is 7. The van der Waals surface area contributed by atoms with E-state index in [-0.39, 0.29) is 5.78 Å². The Kier molecular flexibility index (Phi) is 6.30. The van der Waals surface area contributed by atoms with E-state index in [1.807, 2.05) is 12.1 Å². The zero-order chi connectivity index (χ0) is 20.2. The van der Waals surface area contributed by atoms with Crippen LogP contribution in [0.2, 0.25) is 0 Å². The lowest BCUT2D eigenvalue weighted by atomic mass is 10.1. The fraction of sp³-hybridized carbons (Fsp3) is 0.429. The first-order valence-electron chi connectivity index (χ1n) is 10.0. The molecule has 3 heterocycles. The molecule has 1 aliphatic heterocycles. The van der Waals surface area contributed by atoms with E-state index >= 15 is 0 Å². The smallest absolute Gasteiger partial charge is 0.191 e. The number of anilines is 1. The fourth-order valence-electron chi connectivity index (χ4n) is 3.53. The standard InChI is InChI=1S/C21H25N5OS2/c1-3-26-19(16-10-6-5-9-15(16)2)23-24-21(26)28-14-17(27)18-13-22-20(29-18)25-11-7-4-8-12-25/h5-6,9-10,13H,3-4,7-8,11-12,14H2,1-2H3. The summed E-state index contributed by atoms with van der Waals surface area (Å²) in [6.07, 6.45) is 5.41. The Bertz CT molecular complexity index is 991. The zero-order valence-corrected chi connectivity index (χ0v) is 18.4. The predicted molar refractivity (Wildman–Crippen MR) is 119 cm³/mol. The molecule has 1 saturated heterocycles. The van der Waals surface area contributed by atoms with Crippen LogP contribution in [0.25, 0.3) is 11.4 Å². The van der Waals surface area contributed by atoms with Crippen molar-refractivity contribution in [3.63, 3.8) is 0 Å². The van der Waals surface area contributed by atoms with E-state index in [1.54, 1.807) is 6.20 Å². The molecule has 0 spiro atoms. The van der Waals surface area contributed by atoms with Crippen molar-refractivity contribution < 1.29 is 4.79 Å². The summed E-state index contributed by atoms with van der Waals surface area (Å²) >= 11 is 2.95. The molecule has 1 aliphatic rings. The third kappa shape index (κ3) is 4.38. The van der Waals surface area contributed by atoms with E-state index in [4.69, 9.17) is 0 Å². The summed E-state index contributed by atoms with van der Waals surface area (Å²) in [5.41, 5.74) is 2.24. The van der Waals surface area contributed by atoms with Crippen molar-refractivity contribution in [1.82, 2.24) is 19.7 Å². The molecule has 152 valence electrons. The number of piperidine rings is 1. The number of aromatic nitrogens is 4. The molecule has 6 nitrogen and oxygen atoms in total. The largest absolute Gasteiger partial charge is 0.348 e. The van der Waals surface area contributed by atoms with Crippen molar-refractivity contribution in [2.75, 3.05) is 23.7 Å². The normalized spacial score (nSPS) is 14.3. The van der Waals surface area contributed by atoms with Gasteiger partial charge in [-0.3, -0.25) is 4.79 Å². The van der Waals surface area contributed by atoms with Crippen LogP contribution in [0.1, 0.15) is 41.4 Å². The molecule has 0 radical (unpaired) electrons. The van der Waals surface area contributed by atoms with Crippen LogP contribution in [0.3, 0.4) is 0 Å². The minimum Gasteiger partial charge on any atom is -0.348 e. The van der Waals surface area contributed by atoms with Crippen molar-refractivity contribution in [1.29, 1.82) is 0 Å². The first kappa shape index (κ1) is 20.1. The van der Waals surface area contributed by atoms with Gasteiger partial charge in [0.25, 0.3) is 0 Å². The van der Waals surface area contributed by atoms with Gasteiger partial charge in [-0.05, 0) is 38.7 Å². The molecule has 0 unspecified atom stereocenters. The number of hydrogen-bond donors (Lipinski definition) is 0. The number of carbonyl (C=O) groups is 1. The van der Waals surface area contributed by atoms with Gasteiger partial charge in [0, 0.05) is 25.2 Å². The van der Waals surface area contributed by atoms with Crippen LogP contribution in [0.15, 0.2) is 35.6 Å². The molecule has 3 aromatic rings. The fourth-order valence-corrected chi connectivity index (χ4v) is 5.41. The average Bonchev–Trinajstić information content (AvgIpc) is 3.40. The van der Waals surface area contributed by atoms with Gasteiger partial charge in [0.15, 0.2) is 21.9 Å². The first-order valence-corrected chi connectivity index (χ1v) is 11.8. The van der Waals surface area contributed by atoms with E-state index in [1.165, 1.54) is 42.4 Å². The summed E-state index contributed by atoms with van der Waals surface area (Å²) in [5, 5.41) is 10.5. The molecule has 1 fully saturated rings. The van der Waals surface area contributed by atoms with E-state index in [2.05, 4.69) is 50.6 Å². The summed E-state index contributed by atoms with van der Waals surface area (Å²) in [6, 6.07) is 8.17. The van der Waals surface area contributed by atoms with Crippen molar-refractivity contribution >= 4 is 34.0 Å². The maximum atomic E-state index is 12.7. The molecular weight excluding hydrogens is 402 g/mol. The third-order valence-electron chi connectivity index (χ3n) is 5.15. The van der Waals surface area contributed by atoms with E-state index in [0.717, 1.165) is 51.8 Å². The third-order valence-corrected chi connectivity index (χ3v) is 7.21. The topological polar surface area (TPSA) is 63.9 Å². The van der Waals surface area contributed by atoms with Crippen molar-refractivity contribution in [3.05, 3.63) is 40.9 Å². The van der Waals surface area contributed by atoms with E-state index < -0.39 is 0 Å². The van der Waals surface area contributed by atoms with Gasteiger partial charge in [-0.2, -0.15) is 0 Å². The van der Waals surface area contributed by atoms with Crippen LogP contribution in [0.4, 0.5) is 5.13 Å². The molecule has 4 rings (SSSR count). The Hall–Kier alpha value is -2.19. The molecule has 8 heteroatoms. The highest BCUT2D eigenvalue weighted by atomic mass is 32.2. The second kappa shape index (κ2) is 9.09. The van der Waals surface area contributed by atoms with Gasteiger partial charge in [0.2, 0.25) is 0 Å². The monoisotopic (exact) mass is 427 g/mol. The second-order valence-corrected chi connectivity index (χ2v) is 9.08. The van der Waals surface area contributed by atoms with Crippen LogP contribution in [0, 0.1) is 6.92 Å². The lowest BCUT2D eigenvalue weighted by Crippen LogP contribution is -2.29. The molecule has 0 amide bonds. The number of thioether (sulfide) groups is 1. The zero-order valence-electron chi connectivity index (χ0n) is 16.8. The minimum absolute atomic E-state index is 0.0962. The van der Waals surface area contributed by atoms with Gasteiger partial charge in [-0.1, -0.05) is 47.4 Å². The van der Waals surface area contributed by atoms with Crippen LogP contribution in [-0.4, -0.2) is 44.4 Å². The number of ketones is 1. The lowest BCUT2D eigenvalue weighted by Gasteiger charge is -2.25. The molecular formula is C21H25N5OS2. The molecule has 2 aromatic heterocycles. The number of benzene rings is 1. The first-order chi connectivity index (χ1) is 14.2. The van der Waals surface area contributed by atoms with Crippen LogP contribution in [0.5, 0.6) is 0 Å².